The molecule has 4 rings (SSSR count). The molecule has 11 heteroatoms. The van der Waals surface area contributed by atoms with E-state index < -0.39 is 28.5 Å². The van der Waals surface area contributed by atoms with Gasteiger partial charge < -0.3 is 15.0 Å². The summed E-state index contributed by atoms with van der Waals surface area (Å²) in [5, 5.41) is 3.66. The van der Waals surface area contributed by atoms with E-state index in [1.165, 1.54) is 17.0 Å². The van der Waals surface area contributed by atoms with Crippen molar-refractivity contribution in [3.8, 4) is 5.75 Å². The van der Waals surface area contributed by atoms with E-state index in [4.69, 9.17) is 27.9 Å². The fourth-order valence-corrected chi connectivity index (χ4v) is 6.94. The van der Waals surface area contributed by atoms with Crippen molar-refractivity contribution in [3.63, 3.8) is 0 Å². The molecule has 2 amide bonds. The number of carbonyl (C=O) groups is 2. The van der Waals surface area contributed by atoms with Crippen LogP contribution in [0.2, 0.25) is 10.0 Å². The van der Waals surface area contributed by atoms with E-state index in [1.807, 2.05) is 44.2 Å². The average molecular weight is 697 g/mol. The zero-order valence-corrected chi connectivity index (χ0v) is 29.0. The summed E-state index contributed by atoms with van der Waals surface area (Å²) in [6, 6.07) is 26.4. The SMILES string of the molecule is CCCNC(=O)C(Cc1ccccc1)N(Cc1ccc(Cl)cc1Cl)C(=O)CN(c1ccccc1OCC)S(=O)(=O)c1ccc(C)cc1. The first-order chi connectivity index (χ1) is 22.5. The van der Waals surface area contributed by atoms with Crippen LogP contribution in [-0.4, -0.2) is 50.9 Å². The maximum Gasteiger partial charge on any atom is 0.264 e. The van der Waals surface area contributed by atoms with Gasteiger partial charge in [-0.2, -0.15) is 0 Å². The molecule has 4 aromatic carbocycles. The van der Waals surface area contributed by atoms with E-state index in [9.17, 15) is 18.0 Å². The Morgan fingerprint density at radius 2 is 1.57 bits per heavy atom. The highest BCUT2D eigenvalue weighted by molar-refractivity contribution is 7.92. The molecule has 0 bridgehead atoms. The van der Waals surface area contributed by atoms with Gasteiger partial charge in [0.25, 0.3) is 10.0 Å². The van der Waals surface area contributed by atoms with Crippen LogP contribution < -0.4 is 14.4 Å². The molecule has 0 spiro atoms. The Morgan fingerprint density at radius 1 is 0.894 bits per heavy atom. The largest absolute Gasteiger partial charge is 0.492 e. The molecule has 47 heavy (non-hydrogen) atoms. The second-order valence-corrected chi connectivity index (χ2v) is 13.7. The lowest BCUT2D eigenvalue weighted by atomic mass is 10.0. The fraction of sp³-hybridized carbons (Fsp3) is 0.278. The summed E-state index contributed by atoms with van der Waals surface area (Å²) in [5.41, 5.74) is 2.46. The highest BCUT2D eigenvalue weighted by Crippen LogP contribution is 2.33. The van der Waals surface area contributed by atoms with Gasteiger partial charge in [0.15, 0.2) is 0 Å². The summed E-state index contributed by atoms with van der Waals surface area (Å²) >= 11 is 12.8. The van der Waals surface area contributed by atoms with Crippen LogP contribution in [0.15, 0.2) is 102 Å². The molecule has 1 N–H and O–H groups in total. The minimum atomic E-state index is -4.28. The predicted octanol–water partition coefficient (Wildman–Crippen LogP) is 7.06. The van der Waals surface area contributed by atoms with Gasteiger partial charge in [0.05, 0.1) is 17.2 Å². The second kappa shape index (κ2) is 16.7. The first-order valence-corrected chi connectivity index (χ1v) is 17.6. The average Bonchev–Trinajstić information content (AvgIpc) is 3.06. The van der Waals surface area contributed by atoms with E-state index in [0.29, 0.717) is 34.3 Å². The first-order valence-electron chi connectivity index (χ1n) is 15.4. The number of ether oxygens (including phenoxy) is 1. The number of nitrogens with zero attached hydrogens (tertiary/aromatic N) is 2. The minimum Gasteiger partial charge on any atom is -0.492 e. The van der Waals surface area contributed by atoms with Gasteiger partial charge >= 0.3 is 0 Å². The Balaban J connectivity index is 1.85. The summed E-state index contributed by atoms with van der Waals surface area (Å²) in [6.07, 6.45) is 0.880. The number of aryl methyl sites for hydroxylation is 1. The van der Waals surface area contributed by atoms with E-state index in [1.54, 1.807) is 61.5 Å². The highest BCUT2D eigenvalue weighted by Gasteiger charge is 2.35. The van der Waals surface area contributed by atoms with Crippen LogP contribution in [0.25, 0.3) is 0 Å². The standard InChI is InChI=1S/C36H39Cl2N3O5S/c1-4-21-39-36(43)33(22-27-11-7-6-8-12-27)40(24-28-17-18-29(37)23-31(28)38)35(42)25-41(32-13-9-10-14-34(32)46-5-2)47(44,45)30-19-15-26(3)16-20-30/h6-20,23,33H,4-5,21-22,24-25H2,1-3H3,(H,39,43). The van der Waals surface area contributed by atoms with Crippen molar-refractivity contribution >= 4 is 50.7 Å². The van der Waals surface area contributed by atoms with Crippen LogP contribution in [0.3, 0.4) is 0 Å². The van der Waals surface area contributed by atoms with Gasteiger partial charge in [0, 0.05) is 29.6 Å². The van der Waals surface area contributed by atoms with Crippen molar-refractivity contribution in [1.82, 2.24) is 10.2 Å². The number of rotatable bonds is 15. The van der Waals surface area contributed by atoms with E-state index in [2.05, 4.69) is 5.32 Å². The maximum absolute atomic E-state index is 14.7. The number of carbonyl (C=O) groups excluding carboxylic acids is 2. The zero-order chi connectivity index (χ0) is 34.0. The van der Waals surface area contributed by atoms with Crippen molar-refractivity contribution < 1.29 is 22.7 Å². The molecule has 0 aromatic heterocycles. The molecule has 248 valence electrons. The Kier molecular flexibility index (Phi) is 12.7. The highest BCUT2D eigenvalue weighted by atomic mass is 35.5. The van der Waals surface area contributed by atoms with Crippen molar-refractivity contribution in [2.75, 3.05) is 24.0 Å². The van der Waals surface area contributed by atoms with Crippen molar-refractivity contribution in [2.24, 2.45) is 0 Å². The Bertz CT molecular complexity index is 1770. The molecule has 0 heterocycles. The monoisotopic (exact) mass is 695 g/mol. The third kappa shape index (κ3) is 9.28. The summed E-state index contributed by atoms with van der Waals surface area (Å²) in [6.45, 7) is 5.59. The Hall–Kier alpha value is -4.05. The van der Waals surface area contributed by atoms with Crippen LogP contribution in [0, 0.1) is 6.92 Å². The topological polar surface area (TPSA) is 96.0 Å². The number of hydrogen-bond acceptors (Lipinski definition) is 5. The predicted molar refractivity (Wildman–Crippen MR) is 188 cm³/mol. The molecule has 0 aliphatic rings. The Labute approximate surface area is 287 Å². The van der Waals surface area contributed by atoms with Crippen LogP contribution in [0.1, 0.15) is 37.0 Å². The minimum absolute atomic E-state index is 0.0102. The summed E-state index contributed by atoms with van der Waals surface area (Å²) in [4.78, 5) is 29.9. The molecule has 0 aliphatic heterocycles. The van der Waals surface area contributed by atoms with Crippen molar-refractivity contribution in [1.29, 1.82) is 0 Å². The summed E-state index contributed by atoms with van der Waals surface area (Å²) in [5.74, 6) is -0.672. The number of para-hydroxylation sites is 2. The third-order valence-electron chi connectivity index (χ3n) is 7.50. The van der Waals surface area contributed by atoms with Crippen molar-refractivity contribution in [2.45, 2.75) is 51.1 Å². The van der Waals surface area contributed by atoms with Gasteiger partial charge in [-0.05, 0) is 67.8 Å². The van der Waals surface area contributed by atoms with Gasteiger partial charge in [0.2, 0.25) is 11.8 Å². The fourth-order valence-electron chi connectivity index (χ4n) is 5.04. The van der Waals surface area contributed by atoms with Crippen LogP contribution in [-0.2, 0) is 32.6 Å². The molecular weight excluding hydrogens is 657 g/mol. The molecule has 0 aliphatic carbocycles. The van der Waals surface area contributed by atoms with Gasteiger partial charge in [-0.25, -0.2) is 8.42 Å². The second-order valence-electron chi connectivity index (χ2n) is 11.0. The lowest BCUT2D eigenvalue weighted by Crippen LogP contribution is -2.53. The van der Waals surface area contributed by atoms with Gasteiger partial charge in [0.1, 0.15) is 18.3 Å². The number of benzene rings is 4. The molecule has 8 nitrogen and oxygen atoms in total. The molecule has 0 saturated carbocycles. The van der Waals surface area contributed by atoms with Gasteiger partial charge in [-0.15, -0.1) is 0 Å². The molecule has 0 fully saturated rings. The maximum atomic E-state index is 14.7. The van der Waals surface area contributed by atoms with Crippen LogP contribution in [0.4, 0.5) is 5.69 Å². The van der Waals surface area contributed by atoms with E-state index in [0.717, 1.165) is 15.4 Å². The normalized spacial score (nSPS) is 11.9. The van der Waals surface area contributed by atoms with E-state index in [-0.39, 0.29) is 36.1 Å². The number of hydrogen-bond donors (Lipinski definition) is 1. The Morgan fingerprint density at radius 3 is 2.23 bits per heavy atom. The number of nitrogens with one attached hydrogen (secondary N) is 1. The molecule has 1 atom stereocenters. The molecular formula is C36H39Cl2N3O5S. The zero-order valence-electron chi connectivity index (χ0n) is 26.7. The summed E-state index contributed by atoms with van der Waals surface area (Å²) < 4.78 is 35.5. The van der Waals surface area contributed by atoms with Gasteiger partial charge in [-0.1, -0.05) is 96.4 Å². The summed E-state index contributed by atoms with van der Waals surface area (Å²) in [7, 11) is -4.28. The number of sulfonamides is 1. The van der Waals surface area contributed by atoms with Crippen LogP contribution >= 0.6 is 23.2 Å². The first kappa shape index (κ1) is 35.8. The van der Waals surface area contributed by atoms with E-state index >= 15 is 0 Å². The number of anilines is 1. The smallest absolute Gasteiger partial charge is 0.264 e. The quantitative estimate of drug-likeness (QED) is 0.144. The molecule has 0 saturated heterocycles. The number of amides is 2. The molecule has 4 aromatic rings. The molecule has 0 radical (unpaired) electrons. The van der Waals surface area contributed by atoms with Crippen LogP contribution in [0.5, 0.6) is 5.75 Å². The molecule has 1 unspecified atom stereocenters. The van der Waals surface area contributed by atoms with Crippen molar-refractivity contribution in [3.05, 3.63) is 124 Å². The third-order valence-corrected chi connectivity index (χ3v) is 9.86. The van der Waals surface area contributed by atoms with Gasteiger partial charge in [-0.3, -0.25) is 13.9 Å². The number of halogens is 2. The lowest BCUT2D eigenvalue weighted by molar-refractivity contribution is -0.140. The lowest BCUT2D eigenvalue weighted by Gasteiger charge is -2.34.